The third-order valence-corrected chi connectivity index (χ3v) is 30.4. The summed E-state index contributed by atoms with van der Waals surface area (Å²) in [5.41, 5.74) is -0.0410. The molecule has 0 atom stereocenters. The summed E-state index contributed by atoms with van der Waals surface area (Å²) in [7, 11) is -0.331. The number of carboxylic acids is 1. The largest absolute Gasteiger partial charge is 0.647 e. The maximum absolute atomic E-state index is 11.5. The molecule has 0 aliphatic carbocycles. The fourth-order valence-corrected chi connectivity index (χ4v) is 22.8. The second-order valence-corrected chi connectivity index (χ2v) is 56.2. The molecule has 0 spiro atoms. The lowest BCUT2D eigenvalue weighted by Gasteiger charge is -2.41. The maximum Gasteiger partial charge on any atom is 0.647 e. The van der Waals surface area contributed by atoms with Crippen molar-refractivity contribution < 1.29 is 159 Å². The molecule has 1 aromatic carbocycles. The molecule has 1 aromatic rings. The number of benzene rings is 1. The van der Waals surface area contributed by atoms with Crippen LogP contribution in [0.4, 0.5) is 0 Å². The molecule has 0 saturated carbocycles. The van der Waals surface area contributed by atoms with Gasteiger partial charge in [0.15, 0.2) is 25.0 Å². The van der Waals surface area contributed by atoms with Crippen molar-refractivity contribution in [3.63, 3.8) is 0 Å². The Kier molecular flexibility index (Phi) is 110. The van der Waals surface area contributed by atoms with E-state index in [4.69, 9.17) is 140 Å². The summed E-state index contributed by atoms with van der Waals surface area (Å²) in [4.78, 5) is 46.8. The number of carboxylic acid groups (broad SMARTS) is 1. The number of hydrogen-bond donors (Lipinski definition) is 1. The van der Waals surface area contributed by atoms with Gasteiger partial charge in [-0.25, -0.2) is 4.79 Å². The molecule has 1 fully saturated rings. The monoisotopic (exact) mass is 2170 g/mol. The fourth-order valence-electron chi connectivity index (χ4n) is 11.0. The van der Waals surface area contributed by atoms with Crippen LogP contribution in [0.2, 0.25) is 58.9 Å². The zero-order valence-electron chi connectivity index (χ0n) is 99.2. The number of esters is 3. The van der Waals surface area contributed by atoms with Crippen molar-refractivity contribution in [3.05, 3.63) is 54.1 Å². The van der Waals surface area contributed by atoms with Crippen molar-refractivity contribution in [1.29, 1.82) is 0 Å². The van der Waals surface area contributed by atoms with Crippen molar-refractivity contribution in [3.8, 4) is 0 Å². The third kappa shape index (κ3) is 114. The van der Waals surface area contributed by atoms with E-state index in [0.29, 0.717) is 230 Å². The van der Waals surface area contributed by atoms with Crippen LogP contribution in [0.25, 0.3) is 6.08 Å². The van der Waals surface area contributed by atoms with Crippen LogP contribution < -0.4 is 0 Å². The molecule has 1 N–H and O–H groups in total. The summed E-state index contributed by atoms with van der Waals surface area (Å²) in [5, 5.41) is 8.48. The number of ether oxygens (including phenoxy) is 25. The summed E-state index contributed by atoms with van der Waals surface area (Å²) < 4.78 is 157. The molecule has 0 amide bonds. The smallest absolute Gasteiger partial charge is 0.481 e. The van der Waals surface area contributed by atoms with Gasteiger partial charge in [-0.2, -0.15) is 0 Å². The zero-order chi connectivity index (χ0) is 112. The number of carbonyl (C=O) groups excluding carboxylic acids is 3. The quantitative estimate of drug-likeness (QED) is 0.0208. The third-order valence-electron chi connectivity index (χ3n) is 19.3. The van der Waals surface area contributed by atoms with Gasteiger partial charge in [-0.15, -0.1) is 0 Å². The number of aliphatic carboxylic acids is 1. The van der Waals surface area contributed by atoms with Crippen LogP contribution >= 0.6 is 0 Å². The minimum absolute atomic E-state index is 0.0331. The number of allylic oxidation sites excluding steroid dienone is 3. The molecule has 1 saturated heterocycles. The normalized spacial score (nSPS) is 12.8. The Hall–Kier alpha value is -3.63. The lowest BCUT2D eigenvalue weighted by atomic mass is 9.85. The van der Waals surface area contributed by atoms with Crippen molar-refractivity contribution in [2.45, 2.75) is 292 Å². The molecule has 0 radical (unpaired) electrons. The van der Waals surface area contributed by atoms with Crippen LogP contribution in [-0.2, 0) is 154 Å². The van der Waals surface area contributed by atoms with E-state index in [2.05, 4.69) is 128 Å². The van der Waals surface area contributed by atoms with Gasteiger partial charge in [0.25, 0.3) is 0 Å². The molecule has 39 heteroatoms. The molecule has 1 aliphatic rings. The summed E-state index contributed by atoms with van der Waals surface area (Å²) in [6.45, 7) is 90.6. The van der Waals surface area contributed by atoms with E-state index in [1.165, 1.54) is 5.56 Å². The molecule has 0 aromatic heterocycles. The summed E-state index contributed by atoms with van der Waals surface area (Å²) >= 11 is 0. The molecular formula is C107H219NO34Si4. The van der Waals surface area contributed by atoms with Crippen LogP contribution in [0.15, 0.2) is 48.6 Å². The Labute approximate surface area is 892 Å². The number of morpholine rings is 1. The molecule has 35 nitrogen and oxygen atoms in total. The number of nitrogens with zero attached hydrogens (tertiary/aromatic N) is 1. The van der Waals surface area contributed by atoms with Crippen molar-refractivity contribution >= 4 is 64.0 Å². The Balaban J connectivity index is -0.000000300. The minimum atomic E-state index is -3.08. The molecule has 1 heterocycles. The first-order chi connectivity index (χ1) is 68.7. The second-order valence-electron chi connectivity index (χ2n) is 39.9. The highest BCUT2D eigenvalue weighted by atomic mass is 28.5. The van der Waals surface area contributed by atoms with Crippen LogP contribution in [0, 0.1) is 29.1 Å². The van der Waals surface area contributed by atoms with Crippen molar-refractivity contribution in [2.24, 2.45) is 29.1 Å². The highest BCUT2D eigenvalue weighted by molar-refractivity contribution is 6.87. The Morgan fingerprint density at radius 2 is 0.747 bits per heavy atom. The zero-order valence-corrected chi connectivity index (χ0v) is 103. The van der Waals surface area contributed by atoms with Gasteiger partial charge >= 0.3 is 32.9 Å². The van der Waals surface area contributed by atoms with Gasteiger partial charge in [0, 0.05) is 74.0 Å². The van der Waals surface area contributed by atoms with Gasteiger partial charge in [0.05, 0.1) is 261 Å². The fraction of sp³-hybridized carbons (Fsp3) is 0.869. The Morgan fingerprint density at radius 1 is 0.397 bits per heavy atom. The molecule has 872 valence electrons. The van der Waals surface area contributed by atoms with E-state index in [9.17, 15) is 19.2 Å². The van der Waals surface area contributed by atoms with Crippen molar-refractivity contribution in [1.82, 2.24) is 4.90 Å². The number of hydrogen-bond acceptors (Lipinski definition) is 34. The molecule has 0 bridgehead atoms. The first-order valence-electron chi connectivity index (χ1n) is 52.8. The summed E-state index contributed by atoms with van der Waals surface area (Å²) in [6.07, 6.45) is 10.5. The van der Waals surface area contributed by atoms with Gasteiger partial charge in [0.1, 0.15) is 24.4 Å². The Bertz CT molecular complexity index is 2950. The number of rotatable bonds is 79. The van der Waals surface area contributed by atoms with E-state index in [-0.39, 0.29) is 79.0 Å². The highest BCUT2D eigenvalue weighted by Crippen LogP contribution is 2.31. The van der Waals surface area contributed by atoms with Gasteiger partial charge in [-0.1, -0.05) is 124 Å². The average molecular weight is 2180 g/mol. The van der Waals surface area contributed by atoms with E-state index in [1.807, 2.05) is 143 Å². The van der Waals surface area contributed by atoms with Crippen LogP contribution in [-0.4, -0.2) is 403 Å². The number of carbonyl (C=O) groups is 4. The molecule has 2 rings (SSSR count). The second kappa shape index (κ2) is 103. The lowest BCUT2D eigenvalue weighted by Crippen LogP contribution is -2.63. The highest BCUT2D eigenvalue weighted by Gasteiger charge is 2.54. The first-order valence-corrected chi connectivity index (χ1v) is 64.7. The van der Waals surface area contributed by atoms with E-state index < -0.39 is 57.1 Å². The minimum Gasteiger partial charge on any atom is -0.481 e. The topological polar surface area (TPSA) is 359 Å². The standard InChI is InChI=1S/C17H36O7.C13H26O5.C13H16.C12H24O5.C12H34O4Si4.C12H22O4.C11H24O4.C10H22O4.C7H15NO/c1-16(2)24-15-17(12-21-9-6-18-3,13-22-10-7-19-4)14-23-11-8-20-5;1-11(2)13(3,4)18-12(14)10-17-9-8-16-7-6-15-5;1-12(2)8-6-7-11-13-9-4-3-5-10-13;1-4-14-5-6-15-7-8-16-9-10-17-12(13)11(2)3;1-12(2)13-20(14-17(3,4)5,15-18(6,7)8)16-19(9,10)11;1-5-12(6-2,9(3)4)16-11(15)8-7-10(13)14;1-4-12-5-6-13-7-8-14-9-10-15-11(2)3;1-10(2)14-9-8-13-7-6-12-5-4-11-3;1-7(2)8-3-5-9-6-4-8/h16H,6-15H2,1-5H3;11H,6-10H2,1-5H3;3-12H,1-2H3;11H,4-10H2,1-3H3;12H,1-11H3;9H,5-8H2,1-4H3,(H,13,14);11H,4-10H2,1-3H3;10H,4-9H2,1-3H3;7H,3-6H2,1-2H3/b;;8-6+,11-7+;;;;;;. The SMILES string of the molecule is CC(C)/C=C/C=C/c1ccccc1.CC(C)N1CCOCC1.CC(C)O[Si](O[Si](C)(C)C)(O[Si](C)(C)C)O[Si](C)(C)C.CCC(CC)(OC(=O)CCC(=O)O)C(C)C.CCOCCOCCOCCOC(=O)C(C)C.CCOCCOCCOCCOC(C)C.COCCOCC(COCCOC)(COCCOC)COC(C)C.COCCOCCOCC(=O)OC(C)(C)C(C)C.COCCOCCOCCOC(C)C. The molecule has 0 unspecified atom stereocenters. The molecular weight excluding hydrogens is 1960 g/mol. The van der Waals surface area contributed by atoms with Gasteiger partial charge in [0.2, 0.25) is 0 Å². The lowest BCUT2D eigenvalue weighted by molar-refractivity contribution is -0.168. The van der Waals surface area contributed by atoms with Gasteiger partial charge in [-0.3, -0.25) is 19.3 Å². The Morgan fingerprint density at radius 3 is 1.05 bits per heavy atom. The predicted octanol–water partition coefficient (Wildman–Crippen LogP) is 18.5. The molecule has 146 heavy (non-hydrogen) atoms. The predicted molar refractivity (Wildman–Crippen MR) is 591 cm³/mol. The van der Waals surface area contributed by atoms with Gasteiger partial charge < -0.3 is 140 Å². The average Bonchev–Trinajstić information content (AvgIpc) is 0.797. The number of methoxy groups -OCH3 is 5. The van der Waals surface area contributed by atoms with E-state index in [0.717, 1.165) is 45.8 Å². The van der Waals surface area contributed by atoms with Crippen LogP contribution in [0.1, 0.15) is 197 Å². The maximum atomic E-state index is 11.5. The van der Waals surface area contributed by atoms with Gasteiger partial charge in [-0.05, 0) is 192 Å². The van der Waals surface area contributed by atoms with Crippen LogP contribution in [0.3, 0.4) is 0 Å². The van der Waals surface area contributed by atoms with E-state index >= 15 is 0 Å². The van der Waals surface area contributed by atoms with E-state index in [1.54, 1.807) is 49.4 Å². The van der Waals surface area contributed by atoms with Crippen molar-refractivity contribution in [2.75, 3.05) is 293 Å². The first kappa shape index (κ1) is 155. The van der Waals surface area contributed by atoms with Crippen LogP contribution in [0.5, 0.6) is 0 Å². The molecule has 1 aliphatic heterocycles. The summed E-state index contributed by atoms with van der Waals surface area (Å²) in [6, 6.07) is 11.0. The summed E-state index contributed by atoms with van der Waals surface area (Å²) in [5.74, 6) is -0.889.